The molecule has 2 bridgehead atoms. The van der Waals surface area contributed by atoms with Crippen molar-refractivity contribution in [2.24, 2.45) is 34.0 Å². The third-order valence-corrected chi connectivity index (χ3v) is 8.51. The highest BCUT2D eigenvalue weighted by Gasteiger charge is 2.65. The Hall–Kier alpha value is -0.300. The van der Waals surface area contributed by atoms with Gasteiger partial charge in [-0.25, -0.2) is 0 Å². The van der Waals surface area contributed by atoms with Crippen LogP contribution in [-0.4, -0.2) is 11.2 Å². The fourth-order valence-electron chi connectivity index (χ4n) is 7.69. The maximum absolute atomic E-state index is 11.0. The van der Waals surface area contributed by atoms with Crippen molar-refractivity contribution in [3.8, 4) is 0 Å². The third kappa shape index (κ3) is 1.62. The van der Waals surface area contributed by atoms with Crippen LogP contribution < -0.4 is 0 Å². The highest BCUT2D eigenvalue weighted by Crippen LogP contribution is 2.71. The molecule has 0 saturated heterocycles. The summed E-state index contributed by atoms with van der Waals surface area (Å²) < 4.78 is 0. The van der Waals surface area contributed by atoms with Crippen molar-refractivity contribution >= 4 is 0 Å². The summed E-state index contributed by atoms with van der Waals surface area (Å²) in [6.07, 6.45) is 10.4. The normalized spacial score (nSPS) is 55.0. The molecule has 1 N–H and O–H groups in total. The van der Waals surface area contributed by atoms with Crippen LogP contribution in [0.15, 0.2) is 12.2 Å². The second kappa shape index (κ2) is 4.16. The van der Waals surface area contributed by atoms with Crippen LogP contribution in [0, 0.1) is 34.0 Å². The lowest BCUT2D eigenvalue weighted by Crippen LogP contribution is -2.58. The second-order valence-electron chi connectivity index (χ2n) is 9.68. The molecule has 21 heavy (non-hydrogen) atoms. The van der Waals surface area contributed by atoms with Gasteiger partial charge in [0.2, 0.25) is 0 Å². The summed E-state index contributed by atoms with van der Waals surface area (Å²) in [4.78, 5) is 0. The summed E-state index contributed by atoms with van der Waals surface area (Å²) in [5.41, 5.74) is 2.32. The van der Waals surface area contributed by atoms with Crippen molar-refractivity contribution in [3.05, 3.63) is 12.2 Å². The monoisotopic (exact) mass is 288 g/mol. The van der Waals surface area contributed by atoms with E-state index in [9.17, 15) is 5.11 Å². The van der Waals surface area contributed by atoms with Crippen LogP contribution in [0.2, 0.25) is 0 Å². The van der Waals surface area contributed by atoms with Gasteiger partial charge in [0.1, 0.15) is 0 Å². The Kier molecular flexibility index (Phi) is 2.83. The van der Waals surface area contributed by atoms with Gasteiger partial charge in [-0.2, -0.15) is 0 Å². The van der Waals surface area contributed by atoms with Crippen LogP contribution in [-0.2, 0) is 0 Å². The predicted molar refractivity (Wildman–Crippen MR) is 86.9 cm³/mol. The molecule has 4 saturated carbocycles. The average molecular weight is 288 g/mol. The minimum atomic E-state index is -0.210. The molecule has 0 aromatic rings. The molecule has 0 aromatic carbocycles. The van der Waals surface area contributed by atoms with E-state index in [0.717, 1.165) is 11.8 Å². The summed E-state index contributed by atoms with van der Waals surface area (Å²) in [6.45, 7) is 11.9. The molecule has 1 nitrogen and oxygen atoms in total. The molecule has 118 valence electrons. The highest BCUT2D eigenvalue weighted by atomic mass is 16.3. The zero-order chi connectivity index (χ0) is 15.0. The van der Waals surface area contributed by atoms with E-state index in [4.69, 9.17) is 0 Å². The lowest BCUT2D eigenvalue weighted by atomic mass is 9.41. The van der Waals surface area contributed by atoms with E-state index in [1.165, 1.54) is 56.9 Å². The van der Waals surface area contributed by atoms with Gasteiger partial charge in [0.05, 0.1) is 6.10 Å². The molecule has 1 heteroatoms. The van der Waals surface area contributed by atoms with E-state index in [0.29, 0.717) is 16.7 Å². The van der Waals surface area contributed by atoms with E-state index >= 15 is 0 Å². The van der Waals surface area contributed by atoms with Crippen molar-refractivity contribution in [2.45, 2.75) is 78.2 Å². The van der Waals surface area contributed by atoms with Crippen molar-refractivity contribution in [1.29, 1.82) is 0 Å². The third-order valence-electron chi connectivity index (χ3n) is 8.51. The predicted octanol–water partition coefficient (Wildman–Crippen LogP) is 4.95. The van der Waals surface area contributed by atoms with E-state index in [-0.39, 0.29) is 11.5 Å². The summed E-state index contributed by atoms with van der Waals surface area (Å²) in [5, 5.41) is 11.0. The van der Waals surface area contributed by atoms with Crippen LogP contribution in [0.3, 0.4) is 0 Å². The van der Waals surface area contributed by atoms with Crippen molar-refractivity contribution in [2.75, 3.05) is 0 Å². The molecule has 0 heterocycles. The Balaban J connectivity index is 1.77. The number of hydrogen-bond acceptors (Lipinski definition) is 1. The lowest BCUT2D eigenvalue weighted by Gasteiger charge is -2.64. The standard InChI is InChI=1S/C20H32O/c1-13-14-6-7-16-19(4)10-5-9-18(2,3)15(19)8-11-20(16,12-14)17(13)21/h14-17,21H,1,5-12H2,2-4H3/t14-,15-,16+,17+,19-,20-/m1/s1. The SMILES string of the molecule is C=C1[C@@H]2CC[C@H]3[C@]4(C)CCCC(C)(C)[C@H]4CC[C@]3(C2)[C@H]1O. The molecular formula is C20H32O. The molecular weight excluding hydrogens is 256 g/mol. The van der Waals surface area contributed by atoms with Gasteiger partial charge in [0.25, 0.3) is 0 Å². The second-order valence-corrected chi connectivity index (χ2v) is 9.68. The average Bonchev–Trinajstić information content (AvgIpc) is 2.59. The van der Waals surface area contributed by atoms with Gasteiger partial charge < -0.3 is 5.11 Å². The summed E-state index contributed by atoms with van der Waals surface area (Å²) >= 11 is 0. The fraction of sp³-hybridized carbons (Fsp3) is 0.900. The molecule has 0 radical (unpaired) electrons. The summed E-state index contributed by atoms with van der Waals surface area (Å²) in [6, 6.07) is 0. The van der Waals surface area contributed by atoms with Crippen LogP contribution in [0.4, 0.5) is 0 Å². The first-order chi connectivity index (χ1) is 9.81. The van der Waals surface area contributed by atoms with Crippen molar-refractivity contribution in [1.82, 2.24) is 0 Å². The molecule has 0 unspecified atom stereocenters. The molecule has 4 fully saturated rings. The van der Waals surface area contributed by atoms with Gasteiger partial charge in [-0.15, -0.1) is 0 Å². The number of aliphatic hydroxyl groups is 1. The molecule has 0 aliphatic heterocycles. The van der Waals surface area contributed by atoms with Gasteiger partial charge in [-0.05, 0) is 79.1 Å². The zero-order valence-electron chi connectivity index (χ0n) is 14.1. The van der Waals surface area contributed by atoms with Gasteiger partial charge in [0.15, 0.2) is 0 Å². The molecule has 0 aromatic heterocycles. The van der Waals surface area contributed by atoms with Gasteiger partial charge in [0, 0.05) is 5.41 Å². The molecule has 1 spiro atoms. The summed E-state index contributed by atoms with van der Waals surface area (Å²) in [7, 11) is 0. The largest absolute Gasteiger partial charge is 0.388 e. The maximum atomic E-state index is 11.0. The summed E-state index contributed by atoms with van der Waals surface area (Å²) in [5.74, 6) is 2.20. The number of fused-ring (bicyclic) bond motifs is 3. The minimum absolute atomic E-state index is 0.193. The minimum Gasteiger partial charge on any atom is -0.388 e. The van der Waals surface area contributed by atoms with Crippen molar-refractivity contribution in [3.63, 3.8) is 0 Å². The first-order valence-corrected chi connectivity index (χ1v) is 9.18. The lowest BCUT2D eigenvalue weighted by molar-refractivity contribution is -0.167. The molecule has 0 amide bonds. The zero-order valence-corrected chi connectivity index (χ0v) is 14.1. The number of rotatable bonds is 0. The van der Waals surface area contributed by atoms with Crippen LogP contribution in [0.1, 0.15) is 72.1 Å². The van der Waals surface area contributed by atoms with E-state index in [2.05, 4.69) is 27.4 Å². The fourth-order valence-corrected chi connectivity index (χ4v) is 7.69. The number of hydrogen-bond donors (Lipinski definition) is 1. The Morgan fingerprint density at radius 1 is 1.00 bits per heavy atom. The van der Waals surface area contributed by atoms with E-state index in [1.807, 2.05) is 0 Å². The Bertz CT molecular complexity index is 478. The topological polar surface area (TPSA) is 20.2 Å². The van der Waals surface area contributed by atoms with Gasteiger partial charge in [-0.3, -0.25) is 0 Å². The number of aliphatic hydroxyl groups excluding tert-OH is 1. The Morgan fingerprint density at radius 3 is 2.52 bits per heavy atom. The van der Waals surface area contributed by atoms with E-state index in [1.54, 1.807) is 0 Å². The van der Waals surface area contributed by atoms with Crippen LogP contribution >= 0.6 is 0 Å². The van der Waals surface area contributed by atoms with E-state index < -0.39 is 0 Å². The first kappa shape index (κ1) is 14.3. The smallest absolute Gasteiger partial charge is 0.0809 e. The van der Waals surface area contributed by atoms with Gasteiger partial charge >= 0.3 is 0 Å². The highest BCUT2D eigenvalue weighted by molar-refractivity contribution is 5.27. The first-order valence-electron chi connectivity index (χ1n) is 9.18. The Morgan fingerprint density at radius 2 is 1.76 bits per heavy atom. The van der Waals surface area contributed by atoms with Crippen LogP contribution in [0.5, 0.6) is 0 Å². The quantitative estimate of drug-likeness (QED) is 0.626. The van der Waals surface area contributed by atoms with Crippen LogP contribution in [0.25, 0.3) is 0 Å². The van der Waals surface area contributed by atoms with Crippen molar-refractivity contribution < 1.29 is 5.11 Å². The maximum Gasteiger partial charge on any atom is 0.0809 e. The molecule has 4 aliphatic carbocycles. The van der Waals surface area contributed by atoms with Gasteiger partial charge in [-0.1, -0.05) is 33.8 Å². The molecule has 6 atom stereocenters. The Labute approximate surface area is 130 Å². The molecule has 4 aliphatic rings. The molecule has 4 rings (SSSR count).